The Hall–Kier alpha value is -2.89. The van der Waals surface area contributed by atoms with Gasteiger partial charge in [0.05, 0.1) is 0 Å². The maximum atomic E-state index is 5.89. The molecule has 1 N–H and O–H groups in total. The van der Waals surface area contributed by atoms with Crippen LogP contribution >= 0.6 is 0 Å². The van der Waals surface area contributed by atoms with E-state index < -0.39 is 0 Å². The molecule has 0 atom stereocenters. The molecule has 0 radical (unpaired) electrons. The third kappa shape index (κ3) is 2.71. The number of nitrogens with zero attached hydrogens (tertiary/aromatic N) is 4. The molecule has 1 aromatic carbocycles. The van der Waals surface area contributed by atoms with Gasteiger partial charge in [0, 0.05) is 12.2 Å². The lowest BCUT2D eigenvalue weighted by Gasteiger charge is -2.21. The Bertz CT molecular complexity index is 1070. The van der Waals surface area contributed by atoms with Crippen LogP contribution in [-0.2, 0) is 0 Å². The van der Waals surface area contributed by atoms with Crippen LogP contribution in [-0.4, -0.2) is 25.6 Å². The third-order valence-corrected chi connectivity index (χ3v) is 5.23. The highest BCUT2D eigenvalue weighted by atomic mass is 16.4. The highest BCUT2D eigenvalue weighted by molar-refractivity contribution is 5.81. The minimum Gasteiger partial charge on any atom is -0.424 e. The van der Waals surface area contributed by atoms with Crippen molar-refractivity contribution in [1.29, 1.82) is 0 Å². The van der Waals surface area contributed by atoms with Crippen molar-refractivity contribution in [2.24, 2.45) is 0 Å². The average Bonchev–Trinajstić information content (AvgIpc) is 3.24. The lowest BCUT2D eigenvalue weighted by molar-refractivity contribution is 0.451. The number of aromatic nitrogens is 4. The molecule has 1 aliphatic carbocycles. The van der Waals surface area contributed by atoms with Gasteiger partial charge >= 0.3 is 0 Å². The van der Waals surface area contributed by atoms with Gasteiger partial charge in [0.2, 0.25) is 0 Å². The molecule has 0 amide bonds. The van der Waals surface area contributed by atoms with Crippen LogP contribution in [0.2, 0.25) is 0 Å². The van der Waals surface area contributed by atoms with Crippen LogP contribution < -0.4 is 5.32 Å². The number of oxazole rings is 1. The third-order valence-electron chi connectivity index (χ3n) is 5.23. The van der Waals surface area contributed by atoms with Gasteiger partial charge in [0.1, 0.15) is 11.3 Å². The second kappa shape index (κ2) is 6.12. The van der Waals surface area contributed by atoms with Crippen LogP contribution in [0.3, 0.4) is 0 Å². The second-order valence-electron chi connectivity index (χ2n) is 7.07. The molecule has 0 saturated heterocycles. The molecule has 6 nitrogen and oxygen atoms in total. The molecule has 5 rings (SSSR count). The van der Waals surface area contributed by atoms with Gasteiger partial charge in [0.25, 0.3) is 6.01 Å². The smallest absolute Gasteiger partial charge is 0.295 e. The number of aryl methyl sites for hydroxylation is 1. The van der Waals surface area contributed by atoms with E-state index in [9.17, 15) is 0 Å². The van der Waals surface area contributed by atoms with Crippen molar-refractivity contribution in [3.05, 3.63) is 42.4 Å². The Kier molecular flexibility index (Phi) is 3.62. The van der Waals surface area contributed by atoms with E-state index in [1.54, 1.807) is 0 Å². The van der Waals surface area contributed by atoms with Crippen LogP contribution in [0.5, 0.6) is 0 Å². The highest BCUT2D eigenvalue weighted by Gasteiger charge is 2.16. The number of hydrogen-bond donors (Lipinski definition) is 1. The summed E-state index contributed by atoms with van der Waals surface area (Å²) in [5, 5.41) is 11.7. The first-order valence-electron chi connectivity index (χ1n) is 9.25. The first-order valence-corrected chi connectivity index (χ1v) is 9.25. The molecule has 6 heteroatoms. The van der Waals surface area contributed by atoms with Crippen molar-refractivity contribution in [3.63, 3.8) is 0 Å². The molecular formula is C20H21N5O. The van der Waals surface area contributed by atoms with Gasteiger partial charge in [-0.3, -0.25) is 4.40 Å². The van der Waals surface area contributed by atoms with Crippen LogP contribution in [0.25, 0.3) is 27.9 Å². The monoisotopic (exact) mass is 347 g/mol. The fourth-order valence-corrected chi connectivity index (χ4v) is 3.77. The number of rotatable bonds is 3. The van der Waals surface area contributed by atoms with Crippen molar-refractivity contribution < 1.29 is 4.42 Å². The summed E-state index contributed by atoms with van der Waals surface area (Å²) >= 11 is 0. The van der Waals surface area contributed by atoms with Crippen molar-refractivity contribution in [2.75, 3.05) is 5.32 Å². The minimum atomic E-state index is 0.482. The zero-order valence-corrected chi connectivity index (χ0v) is 14.8. The van der Waals surface area contributed by atoms with Gasteiger partial charge in [-0.15, -0.1) is 10.2 Å². The highest BCUT2D eigenvalue weighted by Crippen LogP contribution is 2.28. The lowest BCUT2D eigenvalue weighted by atomic mass is 9.96. The summed E-state index contributed by atoms with van der Waals surface area (Å²) < 4.78 is 7.89. The fraction of sp³-hybridized carbons (Fsp3) is 0.350. The summed E-state index contributed by atoms with van der Waals surface area (Å²) in [5.41, 5.74) is 4.75. The largest absolute Gasteiger partial charge is 0.424 e. The van der Waals surface area contributed by atoms with Crippen LogP contribution in [0.15, 0.2) is 40.9 Å². The summed E-state index contributed by atoms with van der Waals surface area (Å²) in [6, 6.07) is 11.3. The number of benzene rings is 1. The maximum Gasteiger partial charge on any atom is 0.295 e. The van der Waals surface area contributed by atoms with Crippen molar-refractivity contribution >= 4 is 22.8 Å². The molecule has 3 heterocycles. The van der Waals surface area contributed by atoms with Gasteiger partial charge in [-0.2, -0.15) is 4.98 Å². The summed E-state index contributed by atoms with van der Waals surface area (Å²) in [6.45, 7) is 1.95. The summed E-state index contributed by atoms with van der Waals surface area (Å²) in [6.07, 6.45) is 8.36. The zero-order valence-electron chi connectivity index (χ0n) is 14.8. The number of hydrogen-bond acceptors (Lipinski definition) is 5. The molecule has 1 fully saturated rings. The Balaban J connectivity index is 1.47. The molecule has 1 saturated carbocycles. The van der Waals surface area contributed by atoms with Gasteiger partial charge in [-0.05, 0) is 55.2 Å². The summed E-state index contributed by atoms with van der Waals surface area (Å²) in [4.78, 5) is 4.65. The number of pyridine rings is 1. The van der Waals surface area contributed by atoms with E-state index in [-0.39, 0.29) is 0 Å². The number of fused-ring (bicyclic) bond motifs is 2. The van der Waals surface area contributed by atoms with Gasteiger partial charge in [0.15, 0.2) is 11.2 Å². The topological polar surface area (TPSA) is 68.2 Å². The van der Waals surface area contributed by atoms with E-state index >= 15 is 0 Å². The molecule has 132 valence electrons. The van der Waals surface area contributed by atoms with E-state index in [2.05, 4.69) is 44.9 Å². The molecular weight excluding hydrogens is 326 g/mol. The van der Waals surface area contributed by atoms with Crippen molar-refractivity contribution in [3.8, 4) is 11.1 Å². The second-order valence-corrected chi connectivity index (χ2v) is 7.07. The Morgan fingerprint density at radius 3 is 2.77 bits per heavy atom. The van der Waals surface area contributed by atoms with Gasteiger partial charge < -0.3 is 9.73 Å². The van der Waals surface area contributed by atoms with Crippen LogP contribution in [0.1, 0.15) is 37.9 Å². The molecule has 0 unspecified atom stereocenters. The normalized spacial score (nSPS) is 15.7. The summed E-state index contributed by atoms with van der Waals surface area (Å²) in [7, 11) is 0. The van der Waals surface area contributed by atoms with E-state index in [1.807, 2.05) is 23.5 Å². The van der Waals surface area contributed by atoms with Crippen LogP contribution in [0.4, 0.5) is 6.01 Å². The molecule has 26 heavy (non-hydrogen) atoms. The first-order chi connectivity index (χ1) is 12.8. The fourth-order valence-electron chi connectivity index (χ4n) is 3.77. The zero-order chi connectivity index (χ0) is 17.5. The standard InChI is InChI=1S/C20H21N5O/c1-13-23-24-19-10-8-15(12-25(13)19)14-7-9-18-17(11-14)22-20(26-18)21-16-5-3-2-4-6-16/h7-12,16H,2-6H2,1H3,(H,21,22). The van der Waals surface area contributed by atoms with E-state index in [4.69, 9.17) is 4.42 Å². The van der Waals surface area contributed by atoms with E-state index in [1.165, 1.54) is 32.1 Å². The molecule has 0 spiro atoms. The minimum absolute atomic E-state index is 0.482. The molecule has 0 aliphatic heterocycles. The molecule has 0 bridgehead atoms. The number of anilines is 1. The lowest BCUT2D eigenvalue weighted by Crippen LogP contribution is -2.22. The molecule has 1 aliphatic rings. The van der Waals surface area contributed by atoms with E-state index in [0.717, 1.165) is 33.7 Å². The van der Waals surface area contributed by atoms with Gasteiger partial charge in [-0.25, -0.2) is 0 Å². The van der Waals surface area contributed by atoms with Crippen molar-refractivity contribution in [2.45, 2.75) is 45.1 Å². The molecule has 3 aromatic heterocycles. The predicted octanol–water partition coefficient (Wildman–Crippen LogP) is 4.59. The summed E-state index contributed by atoms with van der Waals surface area (Å²) in [5.74, 6) is 0.878. The Morgan fingerprint density at radius 2 is 1.88 bits per heavy atom. The SMILES string of the molecule is Cc1nnc2ccc(-c3ccc4oc(NC5CCCCC5)nc4c3)cn12. The number of nitrogens with one attached hydrogen (secondary N) is 1. The van der Waals surface area contributed by atoms with E-state index in [0.29, 0.717) is 12.1 Å². The predicted molar refractivity (Wildman–Crippen MR) is 101 cm³/mol. The Morgan fingerprint density at radius 1 is 1.04 bits per heavy atom. The van der Waals surface area contributed by atoms with Crippen molar-refractivity contribution in [1.82, 2.24) is 19.6 Å². The van der Waals surface area contributed by atoms with Gasteiger partial charge in [-0.1, -0.05) is 25.3 Å². The quantitative estimate of drug-likeness (QED) is 0.587. The molecule has 4 aromatic rings. The Labute approximate surface area is 151 Å². The maximum absolute atomic E-state index is 5.89. The van der Waals surface area contributed by atoms with Crippen LogP contribution in [0, 0.1) is 6.92 Å². The average molecular weight is 347 g/mol. The first kappa shape index (κ1) is 15.4.